The highest BCUT2D eigenvalue weighted by molar-refractivity contribution is 5.95. The molecule has 0 aliphatic rings. The summed E-state index contributed by atoms with van der Waals surface area (Å²) >= 11 is 0. The number of amides is 4. The van der Waals surface area contributed by atoms with Crippen molar-refractivity contribution in [3.05, 3.63) is 35.9 Å². The maximum absolute atomic E-state index is 13.2. The van der Waals surface area contributed by atoms with Crippen LogP contribution in [0.5, 0.6) is 0 Å². The number of carbonyl (C=O) groups excluding carboxylic acids is 4. The third-order valence-electron chi connectivity index (χ3n) is 6.32. The van der Waals surface area contributed by atoms with Crippen molar-refractivity contribution in [1.82, 2.24) is 21.3 Å². The molecule has 0 unspecified atom stereocenters. The van der Waals surface area contributed by atoms with Gasteiger partial charge in [-0.25, -0.2) is 0 Å². The molecule has 6 N–H and O–H groups in total. The van der Waals surface area contributed by atoms with E-state index in [9.17, 15) is 19.2 Å². The second-order valence-electron chi connectivity index (χ2n) is 11.0. The SMILES string of the molecule is CC(C)[C@H](N)C(=O)N[C@H](C(=O)N[C@H](C(=O)N[C@H](C(=O)NCCc1ccccc1)C(C)C)C(C)C)C(C)C. The highest BCUT2D eigenvalue weighted by Gasteiger charge is 2.34. The first kappa shape index (κ1) is 32.1. The zero-order valence-electron chi connectivity index (χ0n) is 23.6. The van der Waals surface area contributed by atoms with Gasteiger partial charge in [-0.1, -0.05) is 85.7 Å². The van der Waals surface area contributed by atoms with Crippen LogP contribution in [0.1, 0.15) is 61.0 Å². The number of hydrogen-bond acceptors (Lipinski definition) is 5. The number of rotatable bonds is 14. The first-order valence-electron chi connectivity index (χ1n) is 13.2. The topological polar surface area (TPSA) is 142 Å². The second-order valence-corrected chi connectivity index (χ2v) is 11.0. The lowest BCUT2D eigenvalue weighted by molar-refractivity contribution is -0.135. The van der Waals surface area contributed by atoms with Crippen LogP contribution in [-0.2, 0) is 25.6 Å². The molecule has 0 spiro atoms. The van der Waals surface area contributed by atoms with Gasteiger partial charge in [-0.15, -0.1) is 0 Å². The predicted molar refractivity (Wildman–Crippen MR) is 146 cm³/mol. The molecule has 4 amide bonds. The Labute approximate surface area is 222 Å². The molecule has 0 fully saturated rings. The minimum absolute atomic E-state index is 0.0862. The summed E-state index contributed by atoms with van der Waals surface area (Å²) in [6.07, 6.45) is 0.679. The van der Waals surface area contributed by atoms with Gasteiger partial charge in [0, 0.05) is 6.54 Å². The van der Waals surface area contributed by atoms with E-state index in [2.05, 4.69) is 21.3 Å². The average Bonchev–Trinajstić information content (AvgIpc) is 2.83. The van der Waals surface area contributed by atoms with Crippen LogP contribution in [-0.4, -0.2) is 54.3 Å². The summed E-state index contributed by atoms with van der Waals surface area (Å²) < 4.78 is 0. The molecule has 37 heavy (non-hydrogen) atoms. The van der Waals surface area contributed by atoms with E-state index in [1.807, 2.05) is 85.7 Å². The minimum atomic E-state index is -0.886. The van der Waals surface area contributed by atoms with Gasteiger partial charge in [0.2, 0.25) is 23.6 Å². The van der Waals surface area contributed by atoms with Crippen LogP contribution in [0, 0.1) is 23.7 Å². The van der Waals surface area contributed by atoms with Crippen LogP contribution in [0.3, 0.4) is 0 Å². The number of hydrogen-bond donors (Lipinski definition) is 5. The van der Waals surface area contributed by atoms with Crippen LogP contribution in [0.2, 0.25) is 0 Å². The fourth-order valence-corrected chi connectivity index (χ4v) is 3.73. The van der Waals surface area contributed by atoms with Crippen molar-refractivity contribution in [1.29, 1.82) is 0 Å². The summed E-state index contributed by atoms with van der Waals surface area (Å²) in [7, 11) is 0. The zero-order valence-corrected chi connectivity index (χ0v) is 23.6. The van der Waals surface area contributed by atoms with Gasteiger partial charge < -0.3 is 27.0 Å². The lowest BCUT2D eigenvalue weighted by atomic mass is 9.97. The Balaban J connectivity index is 2.86. The molecular formula is C28H47N5O4. The van der Waals surface area contributed by atoms with Gasteiger partial charge in [0.05, 0.1) is 6.04 Å². The van der Waals surface area contributed by atoms with Crippen LogP contribution in [0.15, 0.2) is 30.3 Å². The van der Waals surface area contributed by atoms with Crippen molar-refractivity contribution in [2.75, 3.05) is 6.54 Å². The molecule has 9 nitrogen and oxygen atoms in total. The molecule has 1 aromatic rings. The van der Waals surface area contributed by atoms with Gasteiger partial charge in [0.15, 0.2) is 0 Å². The maximum atomic E-state index is 13.2. The Morgan fingerprint density at radius 3 is 1.43 bits per heavy atom. The molecule has 1 aromatic carbocycles. The smallest absolute Gasteiger partial charge is 0.243 e. The first-order chi connectivity index (χ1) is 17.3. The van der Waals surface area contributed by atoms with E-state index in [0.717, 1.165) is 5.56 Å². The van der Waals surface area contributed by atoms with Gasteiger partial charge in [-0.05, 0) is 35.7 Å². The number of benzene rings is 1. The standard InChI is InChI=1S/C28H47N5O4/c1-16(2)21(29)25(34)31-23(18(5)6)27(36)33-24(19(7)8)28(37)32-22(17(3)4)26(35)30-15-14-20-12-10-9-11-13-20/h9-13,16-19,21-24H,14-15,29H2,1-8H3,(H,30,35)(H,31,34)(H,32,37)(H,33,36)/t21-,22-,23-,24-/m0/s1. The van der Waals surface area contributed by atoms with Crippen molar-refractivity contribution in [2.24, 2.45) is 29.4 Å². The highest BCUT2D eigenvalue weighted by Crippen LogP contribution is 2.10. The fourth-order valence-electron chi connectivity index (χ4n) is 3.73. The second kappa shape index (κ2) is 15.3. The van der Waals surface area contributed by atoms with Gasteiger partial charge in [-0.3, -0.25) is 19.2 Å². The third-order valence-corrected chi connectivity index (χ3v) is 6.32. The van der Waals surface area contributed by atoms with Crippen molar-refractivity contribution in [3.8, 4) is 0 Å². The van der Waals surface area contributed by atoms with Crippen molar-refractivity contribution in [3.63, 3.8) is 0 Å². The van der Waals surface area contributed by atoms with E-state index < -0.39 is 41.9 Å². The van der Waals surface area contributed by atoms with Crippen molar-refractivity contribution in [2.45, 2.75) is 86.0 Å². The molecule has 0 aliphatic carbocycles. The molecule has 0 heterocycles. The zero-order chi connectivity index (χ0) is 28.3. The summed E-state index contributed by atoms with van der Waals surface area (Å²) in [5.74, 6) is -2.34. The molecule has 9 heteroatoms. The third kappa shape index (κ3) is 10.5. The number of nitrogens with two attached hydrogens (primary N) is 1. The molecule has 0 saturated heterocycles. The Kier molecular flexibility index (Phi) is 13.3. The van der Waals surface area contributed by atoms with E-state index >= 15 is 0 Å². The Bertz CT molecular complexity index is 886. The van der Waals surface area contributed by atoms with E-state index in [1.54, 1.807) is 0 Å². The van der Waals surface area contributed by atoms with E-state index in [4.69, 9.17) is 5.73 Å². The van der Waals surface area contributed by atoms with Gasteiger partial charge in [0.1, 0.15) is 18.1 Å². The van der Waals surface area contributed by atoms with Crippen LogP contribution in [0.4, 0.5) is 0 Å². The predicted octanol–water partition coefficient (Wildman–Crippen LogP) is 1.75. The average molecular weight is 518 g/mol. The number of nitrogens with one attached hydrogen (secondary N) is 4. The van der Waals surface area contributed by atoms with Crippen LogP contribution in [0.25, 0.3) is 0 Å². The molecule has 0 aromatic heterocycles. The Hall–Kier alpha value is -2.94. The molecule has 0 saturated carbocycles. The summed E-state index contributed by atoms with van der Waals surface area (Å²) in [5.41, 5.74) is 7.05. The molecule has 208 valence electrons. The molecule has 4 atom stereocenters. The van der Waals surface area contributed by atoms with Gasteiger partial charge in [0.25, 0.3) is 0 Å². The van der Waals surface area contributed by atoms with Crippen LogP contribution >= 0.6 is 0 Å². The summed E-state index contributed by atoms with van der Waals surface area (Å²) in [6.45, 7) is 15.1. The van der Waals surface area contributed by atoms with Gasteiger partial charge in [-0.2, -0.15) is 0 Å². The lowest BCUT2D eigenvalue weighted by Gasteiger charge is -2.30. The quantitative estimate of drug-likeness (QED) is 0.256. The summed E-state index contributed by atoms with van der Waals surface area (Å²) in [4.78, 5) is 51.7. The summed E-state index contributed by atoms with van der Waals surface area (Å²) in [5, 5.41) is 11.2. The molecular weight excluding hydrogens is 470 g/mol. The van der Waals surface area contributed by atoms with Crippen molar-refractivity contribution >= 4 is 23.6 Å². The number of carbonyl (C=O) groups is 4. The lowest BCUT2D eigenvalue weighted by Crippen LogP contribution is -2.60. The first-order valence-corrected chi connectivity index (χ1v) is 13.2. The highest BCUT2D eigenvalue weighted by atomic mass is 16.2. The molecule has 0 aliphatic heterocycles. The van der Waals surface area contributed by atoms with E-state index in [1.165, 1.54) is 0 Å². The summed E-state index contributed by atoms with van der Waals surface area (Å²) in [6, 6.07) is 6.58. The van der Waals surface area contributed by atoms with Crippen LogP contribution < -0.4 is 27.0 Å². The largest absolute Gasteiger partial charge is 0.354 e. The molecule has 0 radical (unpaired) electrons. The monoisotopic (exact) mass is 517 g/mol. The van der Waals surface area contributed by atoms with E-state index in [-0.39, 0.29) is 29.6 Å². The van der Waals surface area contributed by atoms with E-state index in [0.29, 0.717) is 13.0 Å². The Morgan fingerprint density at radius 1 is 0.622 bits per heavy atom. The normalized spacial score (nSPS) is 14.7. The van der Waals surface area contributed by atoms with Crippen molar-refractivity contribution < 1.29 is 19.2 Å². The maximum Gasteiger partial charge on any atom is 0.243 e. The Morgan fingerprint density at radius 2 is 1.03 bits per heavy atom. The van der Waals surface area contributed by atoms with Gasteiger partial charge >= 0.3 is 0 Å². The minimum Gasteiger partial charge on any atom is -0.354 e. The molecule has 0 bridgehead atoms. The molecule has 1 rings (SSSR count). The fraction of sp³-hybridized carbons (Fsp3) is 0.643.